The van der Waals surface area contributed by atoms with Gasteiger partial charge in [-0.15, -0.1) is 21.5 Å². The molecule has 0 amide bonds. The summed E-state index contributed by atoms with van der Waals surface area (Å²) in [5.74, 6) is 0.814. The third-order valence-corrected chi connectivity index (χ3v) is 5.17. The monoisotopic (exact) mass is 315 g/mol. The zero-order valence-corrected chi connectivity index (χ0v) is 12.8. The first-order valence-electron chi connectivity index (χ1n) is 6.78. The van der Waals surface area contributed by atoms with Gasteiger partial charge in [-0.25, -0.2) is 4.98 Å². The maximum atomic E-state index is 4.65. The molecule has 3 aromatic heterocycles. The third-order valence-electron chi connectivity index (χ3n) is 3.27. The van der Waals surface area contributed by atoms with Gasteiger partial charge in [0.2, 0.25) is 0 Å². The standard InChI is InChI=1S/C14H13N5S2/c1-2-6-15-12(3-1)13-17-10(7-20-13)8-21-14-18-16-9-19(14)11-4-5-11/h1-3,6-7,9,11H,4-5,8H2. The average molecular weight is 315 g/mol. The Labute approximate surface area is 130 Å². The van der Waals surface area contributed by atoms with E-state index >= 15 is 0 Å². The van der Waals surface area contributed by atoms with Gasteiger partial charge in [-0.3, -0.25) is 4.98 Å². The smallest absolute Gasteiger partial charge is 0.191 e. The molecule has 0 unspecified atom stereocenters. The van der Waals surface area contributed by atoms with E-state index in [1.807, 2.05) is 24.5 Å². The number of hydrogen-bond donors (Lipinski definition) is 0. The topological polar surface area (TPSA) is 56.5 Å². The molecule has 3 heterocycles. The second-order valence-electron chi connectivity index (χ2n) is 4.90. The van der Waals surface area contributed by atoms with Crippen molar-refractivity contribution < 1.29 is 0 Å². The van der Waals surface area contributed by atoms with Crippen molar-refractivity contribution >= 4 is 23.1 Å². The molecule has 5 nitrogen and oxygen atoms in total. The van der Waals surface area contributed by atoms with E-state index in [1.165, 1.54) is 12.8 Å². The Morgan fingerprint density at radius 2 is 2.29 bits per heavy atom. The number of hydrogen-bond acceptors (Lipinski definition) is 6. The fourth-order valence-corrected chi connectivity index (χ4v) is 3.83. The van der Waals surface area contributed by atoms with Crippen LogP contribution < -0.4 is 0 Å². The average Bonchev–Trinajstić information content (AvgIpc) is 3.09. The van der Waals surface area contributed by atoms with Gasteiger partial charge in [0.05, 0.1) is 11.4 Å². The lowest BCUT2D eigenvalue weighted by atomic mass is 10.4. The highest BCUT2D eigenvalue weighted by Gasteiger charge is 2.26. The first-order valence-corrected chi connectivity index (χ1v) is 8.65. The molecule has 0 bridgehead atoms. The number of aromatic nitrogens is 5. The predicted octanol–water partition coefficient (Wildman–Crippen LogP) is 3.42. The minimum Gasteiger partial charge on any atom is -0.306 e. The summed E-state index contributed by atoms with van der Waals surface area (Å²) in [5.41, 5.74) is 2.00. The number of thiazole rings is 1. The molecule has 0 atom stereocenters. The van der Waals surface area contributed by atoms with Crippen LogP contribution in [0, 0.1) is 0 Å². The van der Waals surface area contributed by atoms with Gasteiger partial charge in [0.1, 0.15) is 11.3 Å². The van der Waals surface area contributed by atoms with Crippen molar-refractivity contribution in [3.63, 3.8) is 0 Å². The summed E-state index contributed by atoms with van der Waals surface area (Å²) in [4.78, 5) is 8.98. The first-order chi connectivity index (χ1) is 10.4. The molecule has 1 aliphatic carbocycles. The molecule has 0 N–H and O–H groups in total. The zero-order chi connectivity index (χ0) is 14.1. The van der Waals surface area contributed by atoms with Gasteiger partial charge in [0, 0.05) is 23.4 Å². The lowest BCUT2D eigenvalue weighted by Crippen LogP contribution is -1.94. The Bertz CT molecular complexity index is 733. The largest absolute Gasteiger partial charge is 0.306 e. The van der Waals surface area contributed by atoms with Crippen molar-refractivity contribution in [2.45, 2.75) is 29.8 Å². The maximum Gasteiger partial charge on any atom is 0.191 e. The molecule has 106 valence electrons. The molecule has 7 heteroatoms. The van der Waals surface area contributed by atoms with E-state index in [9.17, 15) is 0 Å². The molecule has 1 fully saturated rings. The van der Waals surface area contributed by atoms with Gasteiger partial charge in [-0.05, 0) is 25.0 Å². The van der Waals surface area contributed by atoms with Crippen LogP contribution in [0.15, 0.2) is 41.3 Å². The molecule has 0 aromatic carbocycles. The lowest BCUT2D eigenvalue weighted by Gasteiger charge is -2.02. The van der Waals surface area contributed by atoms with Crippen molar-refractivity contribution in [3.05, 3.63) is 41.8 Å². The highest BCUT2D eigenvalue weighted by Crippen LogP contribution is 2.37. The molecule has 1 aliphatic rings. The van der Waals surface area contributed by atoms with Crippen LogP contribution in [0.4, 0.5) is 0 Å². The first kappa shape index (κ1) is 13.0. The summed E-state index contributed by atoms with van der Waals surface area (Å²) in [7, 11) is 0. The number of rotatable bonds is 5. The summed E-state index contributed by atoms with van der Waals surface area (Å²) in [5, 5.41) is 12.3. The predicted molar refractivity (Wildman–Crippen MR) is 83.2 cm³/mol. The van der Waals surface area contributed by atoms with E-state index in [1.54, 1.807) is 29.3 Å². The van der Waals surface area contributed by atoms with Crippen LogP contribution in [0.3, 0.4) is 0 Å². The Morgan fingerprint density at radius 3 is 3.10 bits per heavy atom. The van der Waals surface area contributed by atoms with Gasteiger partial charge in [0.25, 0.3) is 0 Å². The molecule has 21 heavy (non-hydrogen) atoms. The Morgan fingerprint density at radius 1 is 1.33 bits per heavy atom. The van der Waals surface area contributed by atoms with Crippen molar-refractivity contribution in [2.24, 2.45) is 0 Å². The minimum atomic E-state index is 0.613. The zero-order valence-electron chi connectivity index (χ0n) is 11.2. The molecule has 0 spiro atoms. The van der Waals surface area contributed by atoms with Crippen LogP contribution in [0.1, 0.15) is 24.6 Å². The summed E-state index contributed by atoms with van der Waals surface area (Å²) < 4.78 is 2.18. The Balaban J connectivity index is 1.46. The number of nitrogens with zero attached hydrogens (tertiary/aromatic N) is 5. The second-order valence-corrected chi connectivity index (χ2v) is 6.70. The van der Waals surface area contributed by atoms with E-state index in [0.717, 1.165) is 27.3 Å². The fourth-order valence-electron chi connectivity index (χ4n) is 2.06. The second kappa shape index (κ2) is 5.57. The maximum absolute atomic E-state index is 4.65. The van der Waals surface area contributed by atoms with Gasteiger partial charge in [-0.1, -0.05) is 17.8 Å². The van der Waals surface area contributed by atoms with Crippen LogP contribution in [-0.2, 0) is 5.75 Å². The molecule has 0 aliphatic heterocycles. The van der Waals surface area contributed by atoms with E-state index in [4.69, 9.17) is 0 Å². The summed E-state index contributed by atoms with van der Waals surface area (Å²) >= 11 is 3.33. The lowest BCUT2D eigenvalue weighted by molar-refractivity contribution is 0.663. The highest BCUT2D eigenvalue weighted by atomic mass is 32.2. The molecule has 0 radical (unpaired) electrons. The van der Waals surface area contributed by atoms with Gasteiger partial charge in [-0.2, -0.15) is 0 Å². The third kappa shape index (κ3) is 2.84. The Hall–Kier alpha value is -1.73. The van der Waals surface area contributed by atoms with Crippen LogP contribution in [0.25, 0.3) is 10.7 Å². The fraction of sp³-hybridized carbons (Fsp3) is 0.286. The van der Waals surface area contributed by atoms with Crippen LogP contribution >= 0.6 is 23.1 Å². The molecule has 4 rings (SSSR count). The van der Waals surface area contributed by atoms with Crippen molar-refractivity contribution in [3.8, 4) is 10.7 Å². The summed E-state index contributed by atoms with van der Waals surface area (Å²) in [6.45, 7) is 0. The minimum absolute atomic E-state index is 0.613. The molecular formula is C14H13N5S2. The quantitative estimate of drug-likeness (QED) is 0.675. The van der Waals surface area contributed by atoms with Gasteiger partial charge < -0.3 is 4.57 Å². The SMILES string of the molecule is c1ccc(-c2nc(CSc3nncn3C3CC3)cs2)nc1. The van der Waals surface area contributed by atoms with Gasteiger partial charge >= 0.3 is 0 Å². The van der Waals surface area contributed by atoms with Crippen LogP contribution in [0.2, 0.25) is 0 Å². The molecule has 0 saturated heterocycles. The van der Waals surface area contributed by atoms with Crippen LogP contribution in [0.5, 0.6) is 0 Å². The normalized spacial score (nSPS) is 14.5. The van der Waals surface area contributed by atoms with Crippen molar-refractivity contribution in [1.82, 2.24) is 24.7 Å². The van der Waals surface area contributed by atoms with Gasteiger partial charge in [0.15, 0.2) is 5.16 Å². The van der Waals surface area contributed by atoms with Crippen LogP contribution in [-0.4, -0.2) is 24.7 Å². The molecule has 1 saturated carbocycles. The van der Waals surface area contributed by atoms with E-state index in [-0.39, 0.29) is 0 Å². The Kier molecular flexibility index (Phi) is 3.44. The summed E-state index contributed by atoms with van der Waals surface area (Å²) in [6.07, 6.45) is 6.11. The highest BCUT2D eigenvalue weighted by molar-refractivity contribution is 7.98. The van der Waals surface area contributed by atoms with E-state index in [2.05, 4.69) is 30.1 Å². The van der Waals surface area contributed by atoms with Crippen molar-refractivity contribution in [2.75, 3.05) is 0 Å². The van der Waals surface area contributed by atoms with E-state index < -0.39 is 0 Å². The number of thioether (sulfide) groups is 1. The molecule has 3 aromatic rings. The van der Waals surface area contributed by atoms with Crippen molar-refractivity contribution in [1.29, 1.82) is 0 Å². The number of pyridine rings is 1. The molecular weight excluding hydrogens is 302 g/mol. The summed E-state index contributed by atoms with van der Waals surface area (Å²) in [6, 6.07) is 6.50. The van der Waals surface area contributed by atoms with E-state index in [0.29, 0.717) is 6.04 Å².